The molecule has 4 aromatic carbocycles. The van der Waals surface area contributed by atoms with Gasteiger partial charge in [-0.25, -0.2) is 8.42 Å². The average molecular weight is 632 g/mol. The normalized spacial score (nSPS) is 12.6. The van der Waals surface area contributed by atoms with Gasteiger partial charge in [-0.05, 0) is 61.2 Å². The summed E-state index contributed by atoms with van der Waals surface area (Å²) in [7, 11) is -4.20. The molecule has 0 bridgehead atoms. The van der Waals surface area contributed by atoms with E-state index in [0.717, 1.165) is 15.4 Å². The maximum Gasteiger partial charge on any atom is 0.264 e. The van der Waals surface area contributed by atoms with Gasteiger partial charge in [-0.2, -0.15) is 0 Å². The zero-order chi connectivity index (χ0) is 31.7. The van der Waals surface area contributed by atoms with Gasteiger partial charge < -0.3 is 10.2 Å². The highest BCUT2D eigenvalue weighted by Gasteiger charge is 2.35. The van der Waals surface area contributed by atoms with Crippen LogP contribution in [0.5, 0.6) is 0 Å². The van der Waals surface area contributed by atoms with Crippen molar-refractivity contribution in [3.63, 3.8) is 0 Å². The molecule has 4 rings (SSSR count). The molecule has 0 aliphatic heterocycles. The first-order valence-electron chi connectivity index (χ1n) is 14.6. The van der Waals surface area contributed by atoms with E-state index in [1.165, 1.54) is 17.0 Å². The summed E-state index contributed by atoms with van der Waals surface area (Å²) in [4.78, 5) is 29.9. The van der Waals surface area contributed by atoms with Crippen LogP contribution in [-0.2, 0) is 32.6 Å². The molecule has 0 aliphatic carbocycles. The number of nitrogens with zero attached hydrogens (tertiary/aromatic N) is 2. The van der Waals surface area contributed by atoms with Crippen LogP contribution in [-0.4, -0.2) is 43.8 Å². The van der Waals surface area contributed by atoms with Crippen LogP contribution in [0.3, 0.4) is 0 Å². The quantitative estimate of drug-likeness (QED) is 0.185. The lowest BCUT2D eigenvalue weighted by Gasteiger charge is -2.34. The first kappa shape index (κ1) is 32.8. The summed E-state index contributed by atoms with van der Waals surface area (Å²) < 4.78 is 29.3. The van der Waals surface area contributed by atoms with Crippen molar-refractivity contribution >= 4 is 39.1 Å². The Labute approximate surface area is 265 Å². The molecular formula is C35H38ClN3O4S. The average Bonchev–Trinajstić information content (AvgIpc) is 3.03. The molecule has 0 aliphatic rings. The summed E-state index contributed by atoms with van der Waals surface area (Å²) in [5.41, 5.74) is 2.61. The van der Waals surface area contributed by atoms with Gasteiger partial charge in [0.2, 0.25) is 11.8 Å². The number of benzene rings is 4. The van der Waals surface area contributed by atoms with Crippen LogP contribution < -0.4 is 9.62 Å². The third kappa shape index (κ3) is 8.27. The lowest BCUT2D eigenvalue weighted by atomic mass is 10.0. The molecule has 230 valence electrons. The van der Waals surface area contributed by atoms with Crippen LogP contribution in [0.2, 0.25) is 5.02 Å². The Kier molecular flexibility index (Phi) is 11.2. The third-order valence-corrected chi connectivity index (χ3v) is 9.53. The number of amides is 2. The molecule has 0 radical (unpaired) electrons. The van der Waals surface area contributed by atoms with Gasteiger partial charge >= 0.3 is 0 Å². The van der Waals surface area contributed by atoms with Gasteiger partial charge in [0.05, 0.1) is 10.6 Å². The Bertz CT molecular complexity index is 1650. The fourth-order valence-electron chi connectivity index (χ4n) is 4.86. The highest BCUT2D eigenvalue weighted by atomic mass is 35.5. The molecule has 2 amide bonds. The number of hydrogen-bond acceptors (Lipinski definition) is 4. The van der Waals surface area contributed by atoms with Crippen LogP contribution in [0.4, 0.5) is 5.69 Å². The minimum absolute atomic E-state index is 0.0390. The summed E-state index contributed by atoms with van der Waals surface area (Å²) in [6, 6.07) is 30.8. The van der Waals surface area contributed by atoms with Crippen molar-refractivity contribution in [3.05, 3.63) is 131 Å². The van der Waals surface area contributed by atoms with E-state index in [1.807, 2.05) is 74.5 Å². The van der Waals surface area contributed by atoms with E-state index in [9.17, 15) is 18.0 Å². The monoisotopic (exact) mass is 631 g/mol. The molecule has 2 atom stereocenters. The van der Waals surface area contributed by atoms with Crippen LogP contribution >= 0.6 is 11.6 Å². The number of halogens is 1. The van der Waals surface area contributed by atoms with Gasteiger partial charge in [0, 0.05) is 24.0 Å². The molecule has 4 aromatic rings. The SMILES string of the molecule is CC[C@H](C)NC(=O)[C@H](Cc1ccccc1)N(Cc1ccccc1)C(=O)CN(c1cc(Cl)ccc1C)S(=O)(=O)c1ccccc1. The maximum absolute atomic E-state index is 14.5. The van der Waals surface area contributed by atoms with E-state index < -0.39 is 28.5 Å². The molecule has 0 spiro atoms. The summed E-state index contributed by atoms with van der Waals surface area (Å²) in [5.74, 6) is -0.822. The number of anilines is 1. The summed E-state index contributed by atoms with van der Waals surface area (Å²) in [6.45, 7) is 5.23. The van der Waals surface area contributed by atoms with Crippen LogP contribution in [0.1, 0.15) is 37.0 Å². The van der Waals surface area contributed by atoms with E-state index in [2.05, 4.69) is 5.32 Å². The minimum Gasteiger partial charge on any atom is -0.352 e. The van der Waals surface area contributed by atoms with E-state index in [-0.39, 0.29) is 35.5 Å². The topological polar surface area (TPSA) is 86.8 Å². The number of sulfonamides is 1. The molecule has 7 nitrogen and oxygen atoms in total. The Morgan fingerprint density at radius 3 is 2.00 bits per heavy atom. The van der Waals surface area contributed by atoms with E-state index in [1.54, 1.807) is 43.3 Å². The number of nitrogens with one attached hydrogen (secondary N) is 1. The molecule has 0 unspecified atom stereocenters. The molecule has 0 saturated heterocycles. The van der Waals surface area contributed by atoms with E-state index in [4.69, 9.17) is 11.6 Å². The van der Waals surface area contributed by atoms with E-state index >= 15 is 0 Å². The van der Waals surface area contributed by atoms with Crippen LogP contribution in [0, 0.1) is 6.92 Å². The zero-order valence-corrected chi connectivity index (χ0v) is 26.8. The summed E-state index contributed by atoms with van der Waals surface area (Å²) in [6.07, 6.45) is 0.969. The van der Waals surface area contributed by atoms with Gasteiger partial charge in [0.1, 0.15) is 12.6 Å². The third-order valence-electron chi connectivity index (χ3n) is 7.52. The smallest absolute Gasteiger partial charge is 0.264 e. The molecule has 9 heteroatoms. The number of carbonyl (C=O) groups excluding carboxylic acids is 2. The molecular weight excluding hydrogens is 594 g/mol. The minimum atomic E-state index is -4.20. The van der Waals surface area contributed by atoms with Crippen molar-refractivity contribution in [2.45, 2.75) is 57.1 Å². The number of rotatable bonds is 13. The van der Waals surface area contributed by atoms with Crippen molar-refractivity contribution in [2.75, 3.05) is 10.8 Å². The molecule has 0 heterocycles. The second kappa shape index (κ2) is 15.0. The number of aryl methyl sites for hydroxylation is 1. The predicted octanol–water partition coefficient (Wildman–Crippen LogP) is 6.40. The van der Waals surface area contributed by atoms with Gasteiger partial charge in [0.25, 0.3) is 10.0 Å². The lowest BCUT2D eigenvalue weighted by molar-refractivity contribution is -0.140. The van der Waals surface area contributed by atoms with Gasteiger partial charge in [-0.1, -0.05) is 103 Å². The fourth-order valence-corrected chi connectivity index (χ4v) is 6.52. The highest BCUT2D eigenvalue weighted by Crippen LogP contribution is 2.30. The first-order chi connectivity index (χ1) is 21.1. The molecule has 1 N–H and O–H groups in total. The van der Waals surface area contributed by atoms with Crippen LogP contribution in [0.15, 0.2) is 114 Å². The number of hydrogen-bond donors (Lipinski definition) is 1. The van der Waals surface area contributed by atoms with Gasteiger partial charge in [0.15, 0.2) is 0 Å². The van der Waals surface area contributed by atoms with Crippen molar-refractivity contribution in [1.29, 1.82) is 0 Å². The van der Waals surface area contributed by atoms with Crippen molar-refractivity contribution in [1.82, 2.24) is 10.2 Å². The second-order valence-corrected chi connectivity index (χ2v) is 13.1. The second-order valence-electron chi connectivity index (χ2n) is 10.8. The Morgan fingerprint density at radius 1 is 0.841 bits per heavy atom. The fraction of sp³-hybridized carbons (Fsp3) is 0.257. The van der Waals surface area contributed by atoms with Crippen molar-refractivity contribution in [3.8, 4) is 0 Å². The molecule has 0 saturated carbocycles. The molecule has 44 heavy (non-hydrogen) atoms. The highest BCUT2D eigenvalue weighted by molar-refractivity contribution is 7.92. The standard InChI is InChI=1S/C35H38ClN3O4S/c1-4-27(3)37-35(41)33(22-28-14-8-5-9-15-28)38(24-29-16-10-6-11-17-29)34(40)25-39(32-23-30(36)21-20-26(32)2)44(42,43)31-18-12-7-13-19-31/h5-21,23,27,33H,4,22,24-25H2,1-3H3,(H,37,41)/t27-,33-/m0/s1. The van der Waals surface area contributed by atoms with Gasteiger partial charge in [-0.3, -0.25) is 13.9 Å². The zero-order valence-electron chi connectivity index (χ0n) is 25.2. The summed E-state index contributed by atoms with van der Waals surface area (Å²) >= 11 is 6.34. The number of carbonyl (C=O) groups is 2. The van der Waals surface area contributed by atoms with E-state index in [0.29, 0.717) is 17.0 Å². The first-order valence-corrected chi connectivity index (χ1v) is 16.4. The predicted molar refractivity (Wildman–Crippen MR) is 176 cm³/mol. The Balaban J connectivity index is 1.82. The molecule has 0 aromatic heterocycles. The Morgan fingerprint density at radius 2 is 1.41 bits per heavy atom. The Hall–Kier alpha value is -4.14. The maximum atomic E-state index is 14.5. The lowest BCUT2D eigenvalue weighted by Crippen LogP contribution is -2.54. The van der Waals surface area contributed by atoms with Crippen molar-refractivity contribution in [2.24, 2.45) is 0 Å². The van der Waals surface area contributed by atoms with Gasteiger partial charge in [-0.15, -0.1) is 0 Å². The molecule has 0 fully saturated rings. The summed E-state index contributed by atoms with van der Waals surface area (Å²) in [5, 5.41) is 3.38. The largest absolute Gasteiger partial charge is 0.352 e. The van der Waals surface area contributed by atoms with Crippen LogP contribution in [0.25, 0.3) is 0 Å². The van der Waals surface area contributed by atoms with Crippen molar-refractivity contribution < 1.29 is 18.0 Å².